The lowest BCUT2D eigenvalue weighted by Crippen LogP contribution is -2.10. The van der Waals surface area contributed by atoms with Gasteiger partial charge in [0.2, 0.25) is 0 Å². The van der Waals surface area contributed by atoms with Crippen molar-refractivity contribution in [2.75, 3.05) is 6.61 Å². The van der Waals surface area contributed by atoms with Gasteiger partial charge >= 0.3 is 0 Å². The monoisotopic (exact) mass is 193 g/mol. The van der Waals surface area contributed by atoms with Crippen LogP contribution in [0.4, 0.5) is 0 Å². The standard InChI is InChI=1S/C11H15NO2/c1-7(2)14-8-3-4-9-10(12)6-13-11(9)5-8/h3-5,7,10H,6,12H2,1-2H3. The van der Waals surface area contributed by atoms with Gasteiger partial charge in [0.05, 0.1) is 12.1 Å². The predicted molar refractivity (Wildman–Crippen MR) is 54.6 cm³/mol. The third kappa shape index (κ3) is 1.68. The summed E-state index contributed by atoms with van der Waals surface area (Å²) in [4.78, 5) is 0. The molecule has 1 aliphatic heterocycles. The molecule has 0 saturated heterocycles. The van der Waals surface area contributed by atoms with Gasteiger partial charge in [0, 0.05) is 11.6 Å². The van der Waals surface area contributed by atoms with Crippen LogP contribution in [0.25, 0.3) is 0 Å². The molecule has 14 heavy (non-hydrogen) atoms. The molecular formula is C11H15NO2. The summed E-state index contributed by atoms with van der Waals surface area (Å²) in [6.45, 7) is 4.57. The zero-order chi connectivity index (χ0) is 10.1. The number of hydrogen-bond donors (Lipinski definition) is 1. The van der Waals surface area contributed by atoms with Gasteiger partial charge in [-0.05, 0) is 26.0 Å². The lowest BCUT2D eigenvalue weighted by Gasteiger charge is -2.10. The van der Waals surface area contributed by atoms with Gasteiger partial charge in [-0.2, -0.15) is 0 Å². The van der Waals surface area contributed by atoms with Gasteiger partial charge in [-0.25, -0.2) is 0 Å². The van der Waals surface area contributed by atoms with Crippen LogP contribution in [0.2, 0.25) is 0 Å². The fourth-order valence-corrected chi connectivity index (χ4v) is 1.56. The first-order valence-electron chi connectivity index (χ1n) is 4.86. The molecule has 2 rings (SSSR count). The highest BCUT2D eigenvalue weighted by atomic mass is 16.5. The maximum absolute atomic E-state index is 5.83. The summed E-state index contributed by atoms with van der Waals surface area (Å²) >= 11 is 0. The van der Waals surface area contributed by atoms with E-state index >= 15 is 0 Å². The van der Waals surface area contributed by atoms with Gasteiger partial charge in [0.1, 0.15) is 18.1 Å². The first kappa shape index (κ1) is 9.34. The summed E-state index contributed by atoms with van der Waals surface area (Å²) in [6, 6.07) is 5.83. The number of ether oxygens (including phenoxy) is 2. The largest absolute Gasteiger partial charge is 0.491 e. The van der Waals surface area contributed by atoms with E-state index in [-0.39, 0.29) is 12.1 Å². The van der Waals surface area contributed by atoms with Gasteiger partial charge in [-0.15, -0.1) is 0 Å². The highest BCUT2D eigenvalue weighted by molar-refractivity contribution is 5.44. The molecule has 76 valence electrons. The van der Waals surface area contributed by atoms with Gasteiger partial charge in [-0.1, -0.05) is 0 Å². The molecule has 0 amide bonds. The maximum Gasteiger partial charge on any atom is 0.127 e. The van der Waals surface area contributed by atoms with Gasteiger partial charge in [-0.3, -0.25) is 0 Å². The van der Waals surface area contributed by atoms with Crippen LogP contribution in [0.15, 0.2) is 18.2 Å². The Hall–Kier alpha value is -1.22. The Morgan fingerprint density at radius 1 is 1.50 bits per heavy atom. The Labute approximate surface area is 83.8 Å². The van der Waals surface area contributed by atoms with E-state index in [0.717, 1.165) is 17.1 Å². The fourth-order valence-electron chi connectivity index (χ4n) is 1.56. The second kappa shape index (κ2) is 3.50. The summed E-state index contributed by atoms with van der Waals surface area (Å²) in [5.41, 5.74) is 6.90. The smallest absolute Gasteiger partial charge is 0.127 e. The molecule has 1 aliphatic rings. The molecule has 1 atom stereocenters. The predicted octanol–water partition coefficient (Wildman–Crippen LogP) is 1.87. The molecule has 3 heteroatoms. The van der Waals surface area contributed by atoms with Crippen LogP contribution in [-0.4, -0.2) is 12.7 Å². The summed E-state index contributed by atoms with van der Waals surface area (Å²) in [7, 11) is 0. The van der Waals surface area contributed by atoms with E-state index in [4.69, 9.17) is 15.2 Å². The summed E-state index contributed by atoms with van der Waals surface area (Å²) in [5, 5.41) is 0. The zero-order valence-corrected chi connectivity index (χ0v) is 8.49. The molecule has 0 fully saturated rings. The van der Waals surface area contributed by atoms with Gasteiger partial charge in [0.25, 0.3) is 0 Å². The normalized spacial score (nSPS) is 19.3. The second-order valence-corrected chi connectivity index (χ2v) is 3.78. The average molecular weight is 193 g/mol. The van der Waals surface area contributed by atoms with E-state index in [1.807, 2.05) is 32.0 Å². The number of nitrogens with two attached hydrogens (primary N) is 1. The topological polar surface area (TPSA) is 44.5 Å². The van der Waals surface area contributed by atoms with Crippen molar-refractivity contribution in [3.05, 3.63) is 23.8 Å². The summed E-state index contributed by atoms with van der Waals surface area (Å²) < 4.78 is 11.0. The molecular weight excluding hydrogens is 178 g/mol. The second-order valence-electron chi connectivity index (χ2n) is 3.78. The molecule has 0 saturated carbocycles. The van der Waals surface area contributed by atoms with Crippen molar-refractivity contribution >= 4 is 0 Å². The molecule has 0 bridgehead atoms. The molecule has 2 N–H and O–H groups in total. The number of hydrogen-bond acceptors (Lipinski definition) is 3. The highest BCUT2D eigenvalue weighted by Gasteiger charge is 2.20. The van der Waals surface area contributed by atoms with Gasteiger partial charge in [0.15, 0.2) is 0 Å². The average Bonchev–Trinajstić information content (AvgIpc) is 2.46. The quantitative estimate of drug-likeness (QED) is 0.779. The van der Waals surface area contributed by atoms with Crippen molar-refractivity contribution in [2.45, 2.75) is 26.0 Å². The Morgan fingerprint density at radius 3 is 3.00 bits per heavy atom. The number of benzene rings is 1. The minimum Gasteiger partial charge on any atom is -0.491 e. The van der Waals surface area contributed by atoms with E-state index < -0.39 is 0 Å². The maximum atomic E-state index is 5.83. The van der Waals surface area contributed by atoms with Gasteiger partial charge < -0.3 is 15.2 Å². The molecule has 1 aromatic rings. The summed E-state index contributed by atoms with van der Waals surface area (Å²) in [5.74, 6) is 1.70. The molecule has 1 heterocycles. The number of rotatable bonds is 2. The van der Waals surface area contributed by atoms with Crippen molar-refractivity contribution < 1.29 is 9.47 Å². The van der Waals surface area contributed by atoms with Crippen molar-refractivity contribution in [1.29, 1.82) is 0 Å². The highest BCUT2D eigenvalue weighted by Crippen LogP contribution is 2.34. The van der Waals surface area contributed by atoms with Crippen molar-refractivity contribution in [3.63, 3.8) is 0 Å². The first-order valence-corrected chi connectivity index (χ1v) is 4.86. The van der Waals surface area contributed by atoms with E-state index in [0.29, 0.717) is 6.61 Å². The number of fused-ring (bicyclic) bond motifs is 1. The van der Waals surface area contributed by atoms with Crippen LogP contribution in [0.1, 0.15) is 25.5 Å². The Kier molecular flexibility index (Phi) is 2.33. The van der Waals surface area contributed by atoms with E-state index in [2.05, 4.69) is 0 Å². The van der Waals surface area contributed by atoms with Crippen LogP contribution >= 0.6 is 0 Å². The molecule has 1 unspecified atom stereocenters. The molecule has 0 spiro atoms. The Bertz CT molecular complexity index is 336. The van der Waals surface area contributed by atoms with Crippen LogP contribution in [0, 0.1) is 0 Å². The van der Waals surface area contributed by atoms with Crippen molar-refractivity contribution in [2.24, 2.45) is 5.73 Å². The molecule has 0 aromatic heterocycles. The van der Waals surface area contributed by atoms with Crippen LogP contribution in [0.3, 0.4) is 0 Å². The zero-order valence-electron chi connectivity index (χ0n) is 8.49. The van der Waals surface area contributed by atoms with Crippen molar-refractivity contribution in [3.8, 4) is 11.5 Å². The van der Waals surface area contributed by atoms with Crippen molar-refractivity contribution in [1.82, 2.24) is 0 Å². The third-order valence-corrected chi connectivity index (χ3v) is 2.17. The SMILES string of the molecule is CC(C)Oc1ccc2c(c1)OCC2N. The van der Waals surface area contributed by atoms with E-state index in [1.165, 1.54) is 0 Å². The van der Waals surface area contributed by atoms with Crippen LogP contribution < -0.4 is 15.2 Å². The Morgan fingerprint density at radius 2 is 2.29 bits per heavy atom. The summed E-state index contributed by atoms with van der Waals surface area (Å²) in [6.07, 6.45) is 0.183. The molecule has 0 aliphatic carbocycles. The fraction of sp³-hybridized carbons (Fsp3) is 0.455. The minimum atomic E-state index is 0.0121. The molecule has 3 nitrogen and oxygen atoms in total. The minimum absolute atomic E-state index is 0.0121. The van der Waals surface area contributed by atoms with Crippen LogP contribution in [0.5, 0.6) is 11.5 Å². The molecule has 0 radical (unpaired) electrons. The van der Waals surface area contributed by atoms with Crippen LogP contribution in [-0.2, 0) is 0 Å². The van der Waals surface area contributed by atoms with E-state index in [9.17, 15) is 0 Å². The third-order valence-electron chi connectivity index (χ3n) is 2.17. The first-order chi connectivity index (χ1) is 6.66. The lowest BCUT2D eigenvalue weighted by atomic mass is 10.1. The lowest BCUT2D eigenvalue weighted by molar-refractivity contribution is 0.241. The van der Waals surface area contributed by atoms with E-state index in [1.54, 1.807) is 0 Å². The Balaban J connectivity index is 2.24. The molecule has 1 aromatic carbocycles.